The Balaban J connectivity index is 1.74. The summed E-state index contributed by atoms with van der Waals surface area (Å²) in [5.74, 6) is 1.74. The van der Waals surface area contributed by atoms with E-state index in [1.54, 1.807) is 24.3 Å². The molecule has 0 aliphatic carbocycles. The largest absolute Gasteiger partial charge is 0.508 e. The number of carbonyl (C=O) groups excluding carboxylic acids is 1. The van der Waals surface area contributed by atoms with E-state index < -0.39 is 5.60 Å². The fourth-order valence-corrected chi connectivity index (χ4v) is 4.00. The van der Waals surface area contributed by atoms with Crippen LogP contribution in [0, 0.1) is 5.92 Å². The van der Waals surface area contributed by atoms with Gasteiger partial charge in [0.05, 0.1) is 12.2 Å². The third-order valence-electron chi connectivity index (χ3n) is 5.25. The first-order chi connectivity index (χ1) is 14.0. The van der Waals surface area contributed by atoms with Gasteiger partial charge in [0.1, 0.15) is 23.0 Å². The van der Waals surface area contributed by atoms with Crippen LogP contribution in [0.2, 0.25) is 0 Å². The van der Waals surface area contributed by atoms with Gasteiger partial charge in [0.25, 0.3) is 0 Å². The van der Waals surface area contributed by atoms with E-state index in [0.717, 1.165) is 11.1 Å². The predicted octanol–water partition coefficient (Wildman–Crippen LogP) is 5.00. The minimum Gasteiger partial charge on any atom is -0.508 e. The minimum atomic E-state index is -1.12. The molecule has 5 rings (SSSR count). The van der Waals surface area contributed by atoms with Crippen LogP contribution in [0.5, 0.6) is 23.0 Å². The lowest BCUT2D eigenvalue weighted by molar-refractivity contribution is 0.0224. The molecule has 1 unspecified atom stereocenters. The third-order valence-corrected chi connectivity index (χ3v) is 5.25. The minimum absolute atomic E-state index is 0.0761. The smallest absolute Gasteiger partial charge is 0.340 e. The second kappa shape index (κ2) is 6.27. The number of carbonyl (C=O) groups is 1. The van der Waals surface area contributed by atoms with Crippen LogP contribution in [0.15, 0.2) is 60.7 Å². The van der Waals surface area contributed by atoms with Crippen molar-refractivity contribution in [2.75, 3.05) is 6.61 Å². The van der Waals surface area contributed by atoms with E-state index >= 15 is 0 Å². The normalized spacial score (nSPS) is 18.7. The number of phenols is 1. The molecule has 2 heterocycles. The average Bonchev–Trinajstić information content (AvgIpc) is 2.99. The van der Waals surface area contributed by atoms with Crippen molar-refractivity contribution >= 4 is 5.97 Å². The topological polar surface area (TPSA) is 65.0 Å². The number of benzene rings is 3. The zero-order valence-electron chi connectivity index (χ0n) is 16.1. The monoisotopic (exact) mass is 388 g/mol. The zero-order chi connectivity index (χ0) is 20.2. The summed E-state index contributed by atoms with van der Waals surface area (Å²) < 4.78 is 18.0. The van der Waals surface area contributed by atoms with E-state index in [0.29, 0.717) is 40.9 Å². The van der Waals surface area contributed by atoms with E-state index in [4.69, 9.17) is 14.2 Å². The second-order valence-electron chi connectivity index (χ2n) is 7.76. The van der Waals surface area contributed by atoms with Crippen molar-refractivity contribution in [3.05, 3.63) is 82.9 Å². The molecule has 0 fully saturated rings. The Hall–Kier alpha value is -3.47. The van der Waals surface area contributed by atoms with Crippen LogP contribution in [0.3, 0.4) is 0 Å². The maximum absolute atomic E-state index is 12.7. The molecule has 29 heavy (non-hydrogen) atoms. The second-order valence-corrected chi connectivity index (χ2v) is 7.76. The van der Waals surface area contributed by atoms with Crippen LogP contribution in [-0.4, -0.2) is 17.7 Å². The number of rotatable bonds is 3. The Morgan fingerprint density at radius 3 is 2.48 bits per heavy atom. The van der Waals surface area contributed by atoms with Gasteiger partial charge in [0, 0.05) is 28.8 Å². The van der Waals surface area contributed by atoms with Crippen LogP contribution in [-0.2, 0) is 10.3 Å². The quantitative estimate of drug-likeness (QED) is 0.640. The van der Waals surface area contributed by atoms with Crippen molar-refractivity contribution in [3.63, 3.8) is 0 Å². The van der Waals surface area contributed by atoms with E-state index in [9.17, 15) is 9.90 Å². The molecular weight excluding hydrogens is 368 g/mol. The highest BCUT2D eigenvalue weighted by molar-refractivity contribution is 5.97. The van der Waals surface area contributed by atoms with Crippen molar-refractivity contribution in [1.82, 2.24) is 0 Å². The fraction of sp³-hybridized carbons (Fsp3) is 0.208. The Morgan fingerprint density at radius 1 is 0.966 bits per heavy atom. The van der Waals surface area contributed by atoms with Gasteiger partial charge < -0.3 is 19.3 Å². The number of esters is 1. The molecule has 0 saturated carbocycles. The van der Waals surface area contributed by atoms with Crippen LogP contribution >= 0.6 is 0 Å². The van der Waals surface area contributed by atoms with Crippen molar-refractivity contribution < 1.29 is 24.1 Å². The molecule has 0 amide bonds. The Morgan fingerprint density at radius 2 is 1.69 bits per heavy atom. The van der Waals surface area contributed by atoms with E-state index in [1.807, 2.05) is 30.3 Å². The first-order valence-electron chi connectivity index (χ1n) is 9.60. The third kappa shape index (κ3) is 2.58. The average molecular weight is 388 g/mol. The summed E-state index contributed by atoms with van der Waals surface area (Å²) in [5, 5.41) is 10.0. The van der Waals surface area contributed by atoms with Crippen LogP contribution < -0.4 is 9.47 Å². The highest BCUT2D eigenvalue weighted by Gasteiger charge is 2.53. The SMILES string of the molecule is CC(C)COc1ccc2c(c1)Oc1cc(O)ccc1C21OC(=O)c2ccccc21. The zero-order valence-corrected chi connectivity index (χ0v) is 16.1. The molecule has 3 aromatic rings. The summed E-state index contributed by atoms with van der Waals surface area (Å²) >= 11 is 0. The molecule has 0 saturated heterocycles. The molecule has 5 nitrogen and oxygen atoms in total. The number of aromatic hydroxyl groups is 1. The highest BCUT2D eigenvalue weighted by Crippen LogP contribution is 2.56. The fourth-order valence-electron chi connectivity index (χ4n) is 4.00. The van der Waals surface area contributed by atoms with Gasteiger partial charge in [-0.2, -0.15) is 0 Å². The summed E-state index contributed by atoms with van der Waals surface area (Å²) in [6.07, 6.45) is 0. The molecule has 146 valence electrons. The lowest BCUT2D eigenvalue weighted by atomic mass is 9.77. The summed E-state index contributed by atoms with van der Waals surface area (Å²) in [4.78, 5) is 12.7. The molecule has 1 spiro atoms. The standard InChI is InChI=1S/C24H20O5/c1-14(2)13-27-16-8-10-20-22(12-16)28-21-11-15(25)7-9-19(21)24(20)18-6-4-3-5-17(18)23(26)29-24/h3-12,14,25H,13H2,1-2H3. The molecular formula is C24H20O5. The van der Waals surface area contributed by atoms with Crippen molar-refractivity contribution in [1.29, 1.82) is 0 Å². The molecule has 2 aliphatic rings. The highest BCUT2D eigenvalue weighted by atomic mass is 16.6. The Bertz CT molecular complexity index is 1130. The van der Waals surface area contributed by atoms with Gasteiger partial charge in [-0.1, -0.05) is 32.0 Å². The number of fused-ring (bicyclic) bond motifs is 6. The van der Waals surface area contributed by atoms with E-state index in [-0.39, 0.29) is 11.7 Å². The lowest BCUT2D eigenvalue weighted by Crippen LogP contribution is -2.32. The number of phenolic OH excluding ortho intramolecular Hbond substituents is 1. The molecule has 1 atom stereocenters. The first-order valence-corrected chi connectivity index (χ1v) is 9.60. The molecule has 0 bridgehead atoms. The van der Waals surface area contributed by atoms with Gasteiger partial charge >= 0.3 is 5.97 Å². The van der Waals surface area contributed by atoms with Gasteiger partial charge in [-0.25, -0.2) is 4.79 Å². The molecule has 3 aromatic carbocycles. The van der Waals surface area contributed by atoms with Crippen molar-refractivity contribution in [3.8, 4) is 23.0 Å². The maximum atomic E-state index is 12.7. The maximum Gasteiger partial charge on any atom is 0.340 e. The molecule has 2 aliphatic heterocycles. The molecule has 1 N–H and O–H groups in total. The van der Waals surface area contributed by atoms with Gasteiger partial charge in [-0.05, 0) is 36.2 Å². The first kappa shape index (κ1) is 17.6. The van der Waals surface area contributed by atoms with Crippen LogP contribution in [0.25, 0.3) is 0 Å². The molecule has 5 heteroatoms. The number of hydrogen-bond donors (Lipinski definition) is 1. The Labute approximate surface area is 168 Å². The Kier molecular flexibility index (Phi) is 3.81. The lowest BCUT2D eigenvalue weighted by Gasteiger charge is -2.36. The van der Waals surface area contributed by atoms with Crippen molar-refractivity contribution in [2.45, 2.75) is 19.4 Å². The van der Waals surface area contributed by atoms with E-state index in [2.05, 4.69) is 13.8 Å². The summed E-state index contributed by atoms with van der Waals surface area (Å²) in [5.41, 5.74) is 1.57. The number of hydrogen-bond acceptors (Lipinski definition) is 5. The number of ether oxygens (including phenoxy) is 3. The van der Waals surface area contributed by atoms with Gasteiger partial charge in [-0.15, -0.1) is 0 Å². The summed E-state index contributed by atoms with van der Waals surface area (Å²) in [6, 6.07) is 17.8. The van der Waals surface area contributed by atoms with Crippen LogP contribution in [0.4, 0.5) is 0 Å². The summed E-state index contributed by atoms with van der Waals surface area (Å²) in [6.45, 7) is 4.74. The van der Waals surface area contributed by atoms with E-state index in [1.165, 1.54) is 6.07 Å². The van der Waals surface area contributed by atoms with Crippen LogP contribution in [0.1, 0.15) is 40.9 Å². The summed E-state index contributed by atoms with van der Waals surface area (Å²) in [7, 11) is 0. The molecule has 0 radical (unpaired) electrons. The predicted molar refractivity (Wildman–Crippen MR) is 107 cm³/mol. The van der Waals surface area contributed by atoms with Gasteiger partial charge in [-0.3, -0.25) is 0 Å². The molecule has 0 aromatic heterocycles. The van der Waals surface area contributed by atoms with Gasteiger partial charge in [0.15, 0.2) is 5.60 Å². The van der Waals surface area contributed by atoms with Crippen molar-refractivity contribution in [2.24, 2.45) is 5.92 Å². The van der Waals surface area contributed by atoms with Gasteiger partial charge in [0.2, 0.25) is 0 Å².